The molecular weight excluding hydrogens is 266 g/mol. The minimum Gasteiger partial charge on any atom is -0.454 e. The zero-order valence-corrected chi connectivity index (χ0v) is 10.2. The molecule has 0 fully saturated rings. The highest BCUT2D eigenvalue weighted by Crippen LogP contribution is 2.36. The fourth-order valence-corrected chi connectivity index (χ4v) is 2.29. The maximum atomic E-state index is 6.05. The summed E-state index contributed by atoms with van der Waals surface area (Å²) in [6.45, 7) is 0. The van der Waals surface area contributed by atoms with Gasteiger partial charge >= 0.3 is 0 Å². The smallest absolute Gasteiger partial charge is 0.153 e. The van der Waals surface area contributed by atoms with Crippen molar-refractivity contribution in [1.29, 1.82) is 0 Å². The van der Waals surface area contributed by atoms with E-state index in [0.717, 1.165) is 10.8 Å². The molecule has 0 spiro atoms. The van der Waals surface area contributed by atoms with Gasteiger partial charge in [-0.15, -0.1) is 0 Å². The Hall–Kier alpha value is -0.890. The Morgan fingerprint density at radius 1 is 0.812 bits per heavy atom. The molecule has 4 heteroatoms. The molecule has 0 radical (unpaired) electrons. The minimum absolute atomic E-state index is 0.476. The summed E-state index contributed by atoms with van der Waals surface area (Å²) in [5.41, 5.74) is 1.36. The van der Waals surface area contributed by atoms with Crippen LogP contribution in [0, 0.1) is 0 Å². The predicted octanol–water partition coefficient (Wildman–Crippen LogP) is 5.55. The van der Waals surface area contributed by atoms with E-state index in [1.165, 1.54) is 0 Å². The number of fused-ring (bicyclic) bond motifs is 3. The quantitative estimate of drug-likeness (QED) is 0.523. The highest BCUT2D eigenvalue weighted by atomic mass is 35.5. The van der Waals surface area contributed by atoms with Crippen LogP contribution in [0.5, 0.6) is 0 Å². The van der Waals surface area contributed by atoms with Crippen LogP contribution in [0.3, 0.4) is 0 Å². The third-order valence-electron chi connectivity index (χ3n) is 2.49. The Labute approximate surface area is 106 Å². The third-order valence-corrected chi connectivity index (χ3v) is 3.51. The largest absolute Gasteiger partial charge is 0.454 e. The SMILES string of the molecule is Clc1cc2oc3c(Cl)cccc3c2cc1Cl. The first-order valence-electron chi connectivity index (χ1n) is 4.62. The van der Waals surface area contributed by atoms with E-state index in [1.54, 1.807) is 18.2 Å². The molecule has 3 rings (SSSR count). The fraction of sp³-hybridized carbons (Fsp3) is 0. The molecule has 0 bridgehead atoms. The minimum atomic E-state index is 0.476. The first kappa shape index (κ1) is 10.3. The van der Waals surface area contributed by atoms with E-state index in [4.69, 9.17) is 39.2 Å². The molecule has 0 atom stereocenters. The zero-order chi connectivity index (χ0) is 11.3. The zero-order valence-electron chi connectivity index (χ0n) is 7.93. The molecule has 0 saturated heterocycles. The monoisotopic (exact) mass is 270 g/mol. The summed E-state index contributed by atoms with van der Waals surface area (Å²) in [5.74, 6) is 0. The van der Waals surface area contributed by atoms with Gasteiger partial charge in [0.1, 0.15) is 5.58 Å². The fourth-order valence-electron chi connectivity index (χ4n) is 1.76. The molecule has 0 unspecified atom stereocenters. The molecule has 1 nitrogen and oxygen atoms in total. The van der Waals surface area contributed by atoms with Crippen LogP contribution in [0.15, 0.2) is 34.7 Å². The lowest BCUT2D eigenvalue weighted by Crippen LogP contribution is -1.70. The van der Waals surface area contributed by atoms with Crippen LogP contribution in [0.4, 0.5) is 0 Å². The van der Waals surface area contributed by atoms with Crippen LogP contribution < -0.4 is 0 Å². The molecule has 0 saturated carbocycles. The van der Waals surface area contributed by atoms with Crippen LogP contribution in [0.2, 0.25) is 15.1 Å². The summed E-state index contributed by atoms with van der Waals surface area (Å²) in [6.07, 6.45) is 0. The Morgan fingerprint density at radius 3 is 2.38 bits per heavy atom. The Morgan fingerprint density at radius 2 is 1.56 bits per heavy atom. The number of para-hydroxylation sites is 1. The van der Waals surface area contributed by atoms with Gasteiger partial charge in [0.15, 0.2) is 5.58 Å². The van der Waals surface area contributed by atoms with E-state index in [-0.39, 0.29) is 0 Å². The van der Waals surface area contributed by atoms with Gasteiger partial charge in [0.25, 0.3) is 0 Å². The van der Waals surface area contributed by atoms with Crippen molar-refractivity contribution in [2.24, 2.45) is 0 Å². The molecule has 16 heavy (non-hydrogen) atoms. The topological polar surface area (TPSA) is 13.1 Å². The summed E-state index contributed by atoms with van der Waals surface area (Å²) in [6, 6.07) is 9.10. The number of hydrogen-bond acceptors (Lipinski definition) is 1. The molecule has 0 aliphatic rings. The van der Waals surface area contributed by atoms with E-state index in [1.807, 2.05) is 12.1 Å². The molecule has 1 aromatic heterocycles. The van der Waals surface area contributed by atoms with E-state index in [9.17, 15) is 0 Å². The second-order valence-electron chi connectivity index (χ2n) is 3.48. The van der Waals surface area contributed by atoms with Crippen molar-refractivity contribution in [1.82, 2.24) is 0 Å². The van der Waals surface area contributed by atoms with Gasteiger partial charge in [-0.3, -0.25) is 0 Å². The van der Waals surface area contributed by atoms with Crippen molar-refractivity contribution in [2.75, 3.05) is 0 Å². The second-order valence-corrected chi connectivity index (χ2v) is 4.70. The van der Waals surface area contributed by atoms with Crippen molar-refractivity contribution in [2.45, 2.75) is 0 Å². The van der Waals surface area contributed by atoms with Gasteiger partial charge in [-0.2, -0.15) is 0 Å². The first-order valence-corrected chi connectivity index (χ1v) is 5.76. The number of furan rings is 1. The number of hydrogen-bond donors (Lipinski definition) is 0. The van der Waals surface area contributed by atoms with Crippen molar-refractivity contribution < 1.29 is 4.42 Å². The Bertz CT molecular complexity index is 700. The molecule has 1 heterocycles. The Kier molecular flexibility index (Phi) is 2.28. The molecule has 0 amide bonds. The molecule has 80 valence electrons. The van der Waals surface area contributed by atoms with Crippen LogP contribution in [0.1, 0.15) is 0 Å². The lowest BCUT2D eigenvalue weighted by molar-refractivity contribution is 0.669. The highest BCUT2D eigenvalue weighted by molar-refractivity contribution is 6.43. The second kappa shape index (κ2) is 3.56. The molecule has 0 aliphatic carbocycles. The van der Waals surface area contributed by atoms with E-state index in [2.05, 4.69) is 0 Å². The van der Waals surface area contributed by atoms with Gasteiger partial charge in [-0.05, 0) is 12.1 Å². The summed E-state index contributed by atoms with van der Waals surface area (Å²) in [5, 5.41) is 3.44. The van der Waals surface area contributed by atoms with Crippen LogP contribution in [-0.4, -0.2) is 0 Å². The van der Waals surface area contributed by atoms with Crippen LogP contribution in [-0.2, 0) is 0 Å². The van der Waals surface area contributed by atoms with Crippen LogP contribution >= 0.6 is 34.8 Å². The van der Waals surface area contributed by atoms with E-state index < -0.39 is 0 Å². The summed E-state index contributed by atoms with van der Waals surface area (Å²) in [4.78, 5) is 0. The summed E-state index contributed by atoms with van der Waals surface area (Å²) < 4.78 is 5.64. The molecule has 0 aliphatic heterocycles. The van der Waals surface area contributed by atoms with Gasteiger partial charge in [-0.25, -0.2) is 0 Å². The number of halogens is 3. The van der Waals surface area contributed by atoms with Gasteiger partial charge in [-0.1, -0.05) is 46.9 Å². The molecule has 0 N–H and O–H groups in total. The van der Waals surface area contributed by atoms with Crippen LogP contribution in [0.25, 0.3) is 21.9 Å². The van der Waals surface area contributed by atoms with Crippen molar-refractivity contribution >= 4 is 56.7 Å². The van der Waals surface area contributed by atoms with Crippen molar-refractivity contribution in [3.8, 4) is 0 Å². The van der Waals surface area contributed by atoms with Crippen molar-refractivity contribution in [3.63, 3.8) is 0 Å². The summed E-state index contributed by atoms with van der Waals surface area (Å²) >= 11 is 18.0. The third kappa shape index (κ3) is 1.40. The number of benzene rings is 2. The summed E-state index contributed by atoms with van der Waals surface area (Å²) in [7, 11) is 0. The molecule has 3 aromatic rings. The Balaban J connectivity index is 2.56. The maximum Gasteiger partial charge on any atom is 0.153 e. The van der Waals surface area contributed by atoms with Gasteiger partial charge in [0.2, 0.25) is 0 Å². The number of rotatable bonds is 0. The lowest BCUT2D eigenvalue weighted by atomic mass is 10.1. The van der Waals surface area contributed by atoms with E-state index >= 15 is 0 Å². The molecule has 2 aromatic carbocycles. The van der Waals surface area contributed by atoms with Gasteiger partial charge in [0, 0.05) is 16.8 Å². The molecular formula is C12H5Cl3O. The average molecular weight is 272 g/mol. The highest BCUT2D eigenvalue weighted by Gasteiger charge is 2.11. The van der Waals surface area contributed by atoms with Gasteiger partial charge in [0.05, 0.1) is 15.1 Å². The van der Waals surface area contributed by atoms with Gasteiger partial charge < -0.3 is 4.42 Å². The standard InChI is InChI=1S/C12H5Cl3O/c13-8-3-1-2-6-7-4-9(14)10(15)5-11(7)16-12(6)8/h1-5H. The van der Waals surface area contributed by atoms with E-state index in [0.29, 0.717) is 26.2 Å². The first-order chi connectivity index (χ1) is 7.66. The van der Waals surface area contributed by atoms with Crippen molar-refractivity contribution in [3.05, 3.63) is 45.4 Å². The lowest BCUT2D eigenvalue weighted by Gasteiger charge is -1.94. The normalized spacial score (nSPS) is 11.4. The maximum absolute atomic E-state index is 6.05. The predicted molar refractivity (Wildman–Crippen MR) is 68.8 cm³/mol. The average Bonchev–Trinajstić information content (AvgIpc) is 2.59.